The van der Waals surface area contributed by atoms with E-state index in [-0.39, 0.29) is 12.2 Å². The molecule has 5 aromatic rings. The molecule has 1 aliphatic heterocycles. The van der Waals surface area contributed by atoms with E-state index in [0.717, 1.165) is 46.2 Å². The maximum absolute atomic E-state index is 14.5. The first-order chi connectivity index (χ1) is 18.0. The van der Waals surface area contributed by atoms with Crippen LogP contribution in [0.5, 0.6) is 0 Å². The van der Waals surface area contributed by atoms with Gasteiger partial charge in [-0.2, -0.15) is 5.10 Å². The minimum Gasteiger partial charge on any atom is -0.307 e. The summed E-state index contributed by atoms with van der Waals surface area (Å²) in [4.78, 5) is 15.5. The van der Waals surface area contributed by atoms with Crippen molar-refractivity contribution in [1.82, 2.24) is 19.2 Å². The lowest BCUT2D eigenvalue weighted by Gasteiger charge is -2.31. The highest BCUT2D eigenvalue weighted by Crippen LogP contribution is 2.38. The van der Waals surface area contributed by atoms with Gasteiger partial charge in [-0.05, 0) is 48.9 Å². The lowest BCUT2D eigenvalue weighted by molar-refractivity contribution is 0.194. The summed E-state index contributed by atoms with van der Waals surface area (Å²) in [6, 6.07) is 25.6. The van der Waals surface area contributed by atoms with E-state index in [9.17, 15) is 13.6 Å². The number of amides is 2. The summed E-state index contributed by atoms with van der Waals surface area (Å²) in [6.07, 6.45) is 1.96. The molecule has 1 atom stereocenters. The van der Waals surface area contributed by atoms with Crippen molar-refractivity contribution in [2.45, 2.75) is 19.5 Å². The van der Waals surface area contributed by atoms with Crippen LogP contribution in [0.3, 0.4) is 0 Å². The van der Waals surface area contributed by atoms with E-state index in [1.807, 2.05) is 90.6 Å². The number of nitrogens with zero attached hydrogens (tertiary/aromatic N) is 4. The third kappa shape index (κ3) is 3.96. The molecule has 2 amide bonds. The lowest BCUT2D eigenvalue weighted by atomic mass is 10.0. The Morgan fingerprint density at radius 2 is 1.68 bits per heavy atom. The molecule has 0 aliphatic carbocycles. The molecule has 0 saturated carbocycles. The number of benzene rings is 3. The molecule has 184 valence electrons. The fraction of sp³-hybridized carbons (Fsp3) is 0.103. The Balaban J connectivity index is 1.53. The molecule has 0 fully saturated rings. The van der Waals surface area contributed by atoms with Gasteiger partial charge in [-0.25, -0.2) is 18.3 Å². The second-order valence-electron chi connectivity index (χ2n) is 8.93. The van der Waals surface area contributed by atoms with Crippen molar-refractivity contribution in [3.8, 4) is 11.5 Å². The summed E-state index contributed by atoms with van der Waals surface area (Å²) >= 11 is 0. The molecule has 6 rings (SSSR count). The van der Waals surface area contributed by atoms with Crippen LogP contribution in [0.25, 0.3) is 11.5 Å². The zero-order valence-electron chi connectivity index (χ0n) is 20.0. The number of para-hydroxylation sites is 1. The fourth-order valence-electron chi connectivity index (χ4n) is 4.91. The number of nitrogens with one attached hydrogen (secondary N) is 1. The van der Waals surface area contributed by atoms with Gasteiger partial charge in [0.05, 0.1) is 35.3 Å². The number of fused-ring (bicyclic) bond motifs is 3. The number of aryl methyl sites for hydroxylation is 1. The molecule has 37 heavy (non-hydrogen) atoms. The maximum atomic E-state index is 14.5. The second kappa shape index (κ2) is 9.05. The number of halogens is 2. The van der Waals surface area contributed by atoms with Gasteiger partial charge in [0.15, 0.2) is 0 Å². The van der Waals surface area contributed by atoms with Crippen molar-refractivity contribution >= 4 is 11.7 Å². The summed E-state index contributed by atoms with van der Waals surface area (Å²) in [7, 11) is 0. The highest BCUT2D eigenvalue weighted by molar-refractivity contribution is 5.90. The van der Waals surface area contributed by atoms with Crippen LogP contribution in [0.2, 0.25) is 0 Å². The Bertz CT molecular complexity index is 1590. The lowest BCUT2D eigenvalue weighted by Crippen LogP contribution is -2.38. The molecule has 2 aromatic heterocycles. The number of hydrogen-bond donors (Lipinski definition) is 1. The van der Waals surface area contributed by atoms with E-state index in [1.165, 1.54) is 6.07 Å². The number of carbonyl (C=O) groups is 1. The average Bonchev–Trinajstić information content (AvgIpc) is 3.47. The van der Waals surface area contributed by atoms with Crippen LogP contribution in [0.15, 0.2) is 97.2 Å². The van der Waals surface area contributed by atoms with Crippen LogP contribution in [0.4, 0.5) is 19.3 Å². The van der Waals surface area contributed by atoms with E-state index in [1.54, 1.807) is 4.90 Å². The summed E-state index contributed by atoms with van der Waals surface area (Å²) in [5.41, 5.74) is 4.22. The third-order valence-corrected chi connectivity index (χ3v) is 6.64. The third-order valence-electron chi connectivity index (χ3n) is 6.64. The van der Waals surface area contributed by atoms with E-state index in [2.05, 4.69) is 9.88 Å². The molecule has 6 nitrogen and oxygen atoms in total. The molecule has 0 saturated heterocycles. The van der Waals surface area contributed by atoms with Crippen molar-refractivity contribution in [3.05, 3.63) is 131 Å². The zero-order chi connectivity index (χ0) is 25.5. The monoisotopic (exact) mass is 495 g/mol. The summed E-state index contributed by atoms with van der Waals surface area (Å²) in [5.74, 6) is -0.705. The standard InChI is InChI=1S/C29H23F2N5O/c1-19-23-18-35(29(37)32-25-15-14-21(30)17-24(25)31)27(20-9-4-2-5-10-20)26-13-8-16-34(26)28(23)36(33-19)22-11-6-3-7-12-22/h2-17,27H,18H2,1H3,(H,32,37). The van der Waals surface area contributed by atoms with Crippen molar-refractivity contribution in [1.29, 1.82) is 0 Å². The van der Waals surface area contributed by atoms with Crippen LogP contribution in [0, 0.1) is 18.6 Å². The van der Waals surface area contributed by atoms with Gasteiger partial charge in [-0.1, -0.05) is 48.5 Å². The minimum atomic E-state index is -0.837. The number of aromatic nitrogens is 3. The quantitative estimate of drug-likeness (QED) is 0.316. The molecule has 0 bridgehead atoms. The minimum absolute atomic E-state index is 0.0882. The van der Waals surface area contributed by atoms with E-state index in [4.69, 9.17) is 5.10 Å². The Morgan fingerprint density at radius 3 is 2.41 bits per heavy atom. The number of anilines is 1. The van der Waals surface area contributed by atoms with Gasteiger partial charge < -0.3 is 14.8 Å². The molecule has 3 heterocycles. The predicted molar refractivity (Wildman–Crippen MR) is 137 cm³/mol. The van der Waals surface area contributed by atoms with E-state index in [0.29, 0.717) is 0 Å². The molecule has 0 radical (unpaired) electrons. The Kier molecular flexibility index (Phi) is 5.56. The number of rotatable bonds is 3. The molecule has 3 aromatic carbocycles. The SMILES string of the molecule is Cc1nn(-c2ccccc2)c2c1CN(C(=O)Nc1ccc(F)cc1F)C(c1ccccc1)c1cccn1-2. The average molecular weight is 496 g/mol. The predicted octanol–water partition coefficient (Wildman–Crippen LogP) is 6.39. The Labute approximate surface area is 212 Å². The first-order valence-corrected chi connectivity index (χ1v) is 11.9. The van der Waals surface area contributed by atoms with Crippen molar-refractivity contribution in [2.75, 3.05) is 5.32 Å². The van der Waals surface area contributed by atoms with Crippen molar-refractivity contribution < 1.29 is 13.6 Å². The molecule has 0 spiro atoms. The highest BCUT2D eigenvalue weighted by Gasteiger charge is 2.36. The van der Waals surface area contributed by atoms with Gasteiger partial charge in [-0.3, -0.25) is 0 Å². The van der Waals surface area contributed by atoms with E-state index >= 15 is 0 Å². The molecule has 1 aliphatic rings. The number of hydrogen-bond acceptors (Lipinski definition) is 2. The second-order valence-corrected chi connectivity index (χ2v) is 8.93. The van der Waals surface area contributed by atoms with Crippen LogP contribution in [-0.4, -0.2) is 25.3 Å². The van der Waals surface area contributed by atoms with Crippen molar-refractivity contribution in [3.63, 3.8) is 0 Å². The summed E-state index contributed by atoms with van der Waals surface area (Å²) in [5, 5.41) is 7.47. The maximum Gasteiger partial charge on any atom is 0.323 e. The zero-order valence-corrected chi connectivity index (χ0v) is 20.0. The van der Waals surface area contributed by atoms with Gasteiger partial charge in [0, 0.05) is 17.8 Å². The molecule has 1 N–H and O–H groups in total. The van der Waals surface area contributed by atoms with Crippen LogP contribution in [0.1, 0.15) is 28.6 Å². The molecule has 1 unspecified atom stereocenters. The van der Waals surface area contributed by atoms with Gasteiger partial charge in [0.2, 0.25) is 0 Å². The molecule has 8 heteroatoms. The van der Waals surface area contributed by atoms with Gasteiger partial charge in [0.25, 0.3) is 0 Å². The normalized spacial score (nSPS) is 14.6. The largest absolute Gasteiger partial charge is 0.323 e. The Hall–Kier alpha value is -4.72. The number of urea groups is 1. The van der Waals surface area contributed by atoms with Crippen LogP contribution >= 0.6 is 0 Å². The molecular weight excluding hydrogens is 472 g/mol. The van der Waals surface area contributed by atoms with E-state index < -0.39 is 23.7 Å². The van der Waals surface area contributed by atoms with Crippen LogP contribution in [-0.2, 0) is 6.54 Å². The smallest absolute Gasteiger partial charge is 0.307 e. The summed E-state index contributed by atoms with van der Waals surface area (Å²) < 4.78 is 31.9. The summed E-state index contributed by atoms with van der Waals surface area (Å²) in [6.45, 7) is 2.14. The fourth-order valence-corrected chi connectivity index (χ4v) is 4.91. The topological polar surface area (TPSA) is 55.1 Å². The van der Waals surface area contributed by atoms with Gasteiger partial charge >= 0.3 is 6.03 Å². The van der Waals surface area contributed by atoms with Gasteiger partial charge in [-0.15, -0.1) is 0 Å². The van der Waals surface area contributed by atoms with Crippen molar-refractivity contribution in [2.24, 2.45) is 0 Å². The van der Waals surface area contributed by atoms with Crippen LogP contribution < -0.4 is 5.32 Å². The number of carbonyl (C=O) groups excluding carboxylic acids is 1. The van der Waals surface area contributed by atoms with Gasteiger partial charge in [0.1, 0.15) is 17.5 Å². The molecular formula is C29H23F2N5O. The first kappa shape index (κ1) is 22.7. The highest BCUT2D eigenvalue weighted by atomic mass is 19.1. The Morgan fingerprint density at radius 1 is 0.946 bits per heavy atom. The first-order valence-electron chi connectivity index (χ1n) is 11.9.